The molecule has 2 aromatic rings. The van der Waals surface area contributed by atoms with Gasteiger partial charge in [-0.05, 0) is 18.6 Å². The Kier molecular flexibility index (Phi) is 5.07. The smallest absolute Gasteiger partial charge is 0.239 e. The number of hydrogen-bond donors (Lipinski definition) is 2. The zero-order chi connectivity index (χ0) is 17.8. The first-order chi connectivity index (χ1) is 12.1. The molecule has 2 N–H and O–H groups in total. The van der Waals surface area contributed by atoms with Crippen LogP contribution in [0.1, 0.15) is 12.0 Å². The number of nitrogens with one attached hydrogen (secondary N) is 1. The number of likely N-dealkylation sites (tertiary alicyclic amines) is 1. The third kappa shape index (κ3) is 3.68. The lowest BCUT2D eigenvalue weighted by atomic mass is 10.2. The molecule has 1 aliphatic heterocycles. The Bertz CT molecular complexity index is 786. The van der Waals surface area contributed by atoms with Gasteiger partial charge < -0.3 is 10.4 Å². The van der Waals surface area contributed by atoms with Crippen molar-refractivity contribution in [2.24, 2.45) is 0 Å². The summed E-state index contributed by atoms with van der Waals surface area (Å²) in [6, 6.07) is 10.7. The lowest BCUT2D eigenvalue weighted by Crippen LogP contribution is -2.39. The average Bonchev–Trinajstić information content (AvgIpc) is 3.18. The normalized spacial score (nSPS) is 20.4. The minimum Gasteiger partial charge on any atom is -0.395 e. The van der Waals surface area contributed by atoms with Crippen LogP contribution in [0.4, 0.5) is 10.2 Å². The van der Waals surface area contributed by atoms with Gasteiger partial charge in [-0.2, -0.15) is 10.4 Å². The largest absolute Gasteiger partial charge is 0.395 e. The number of para-hydroxylation sites is 1. The first-order valence-corrected chi connectivity index (χ1v) is 7.94. The maximum Gasteiger partial charge on any atom is 0.239 e. The highest BCUT2D eigenvalue weighted by Crippen LogP contribution is 2.22. The van der Waals surface area contributed by atoms with Gasteiger partial charge in [0.2, 0.25) is 5.91 Å². The van der Waals surface area contributed by atoms with Crippen molar-refractivity contribution in [1.29, 1.82) is 5.26 Å². The molecule has 2 atom stereocenters. The fourth-order valence-electron chi connectivity index (χ4n) is 2.98. The maximum absolute atomic E-state index is 13.5. The summed E-state index contributed by atoms with van der Waals surface area (Å²) < 4.78 is 15.0. The number of aliphatic hydroxyl groups is 1. The number of alkyl halides is 1. The molecule has 0 spiro atoms. The molecule has 25 heavy (non-hydrogen) atoms. The van der Waals surface area contributed by atoms with Gasteiger partial charge in [0.05, 0.1) is 25.0 Å². The van der Waals surface area contributed by atoms with Crippen molar-refractivity contribution in [2.45, 2.75) is 18.6 Å². The molecule has 0 saturated carbocycles. The number of carbonyl (C=O) groups is 1. The molecule has 2 heterocycles. The molecular formula is C17H18FN5O2. The molecule has 0 unspecified atom stereocenters. The molecule has 130 valence electrons. The average molecular weight is 343 g/mol. The molecule has 0 radical (unpaired) electrons. The second kappa shape index (κ2) is 7.42. The van der Waals surface area contributed by atoms with Crippen LogP contribution in [0.3, 0.4) is 0 Å². The van der Waals surface area contributed by atoms with E-state index in [0.717, 1.165) is 0 Å². The van der Waals surface area contributed by atoms with E-state index in [4.69, 9.17) is 0 Å². The standard InChI is InChI=1S/C17H18FN5O2/c18-13-6-15(11-24)22(9-13)10-16(25)21-17-12(7-19)8-20-23(17)14-4-2-1-3-5-14/h1-5,8,13,15,24H,6,9-11H2,(H,21,25)/t13-,15-/m0/s1. The number of halogens is 1. The number of nitriles is 1. The van der Waals surface area contributed by atoms with Crippen LogP contribution in [0.15, 0.2) is 36.5 Å². The molecule has 1 aromatic carbocycles. The highest BCUT2D eigenvalue weighted by Gasteiger charge is 2.32. The molecule has 1 saturated heterocycles. The van der Waals surface area contributed by atoms with Gasteiger partial charge in [0.1, 0.15) is 17.8 Å². The van der Waals surface area contributed by atoms with Crippen LogP contribution in [0, 0.1) is 11.3 Å². The molecule has 7 nitrogen and oxygen atoms in total. The van der Waals surface area contributed by atoms with Crippen LogP contribution in [0.2, 0.25) is 0 Å². The van der Waals surface area contributed by atoms with Crippen molar-refractivity contribution in [2.75, 3.05) is 25.0 Å². The fraction of sp³-hybridized carbons (Fsp3) is 0.353. The van der Waals surface area contributed by atoms with Crippen LogP contribution in [0.25, 0.3) is 5.69 Å². The molecule has 0 bridgehead atoms. The van der Waals surface area contributed by atoms with Gasteiger partial charge in [-0.15, -0.1) is 0 Å². The predicted molar refractivity (Wildman–Crippen MR) is 88.9 cm³/mol. The van der Waals surface area contributed by atoms with Gasteiger partial charge >= 0.3 is 0 Å². The minimum atomic E-state index is -1.05. The third-order valence-corrected chi connectivity index (χ3v) is 4.18. The van der Waals surface area contributed by atoms with Crippen LogP contribution < -0.4 is 5.32 Å². The number of nitrogens with zero attached hydrogens (tertiary/aromatic N) is 4. The summed E-state index contributed by atoms with van der Waals surface area (Å²) in [4.78, 5) is 14.0. The van der Waals surface area contributed by atoms with Gasteiger partial charge in [-0.3, -0.25) is 9.69 Å². The highest BCUT2D eigenvalue weighted by atomic mass is 19.1. The molecule has 1 fully saturated rings. The summed E-state index contributed by atoms with van der Waals surface area (Å²) in [6.07, 6.45) is 0.552. The van der Waals surface area contributed by atoms with E-state index in [1.807, 2.05) is 24.3 Å². The van der Waals surface area contributed by atoms with Gasteiger partial charge in [-0.1, -0.05) is 18.2 Å². The highest BCUT2D eigenvalue weighted by molar-refractivity contribution is 5.93. The summed E-state index contributed by atoms with van der Waals surface area (Å²) >= 11 is 0. The van der Waals surface area contributed by atoms with E-state index >= 15 is 0 Å². The number of hydrogen-bond acceptors (Lipinski definition) is 5. The van der Waals surface area contributed by atoms with E-state index in [-0.39, 0.29) is 49.4 Å². The van der Waals surface area contributed by atoms with Gasteiger partial charge in [0.15, 0.2) is 5.82 Å². The third-order valence-electron chi connectivity index (χ3n) is 4.18. The van der Waals surface area contributed by atoms with Crippen molar-refractivity contribution in [3.8, 4) is 11.8 Å². The second-order valence-electron chi connectivity index (χ2n) is 5.91. The van der Waals surface area contributed by atoms with Crippen LogP contribution in [-0.4, -0.2) is 57.6 Å². The first-order valence-electron chi connectivity index (χ1n) is 7.94. The van der Waals surface area contributed by atoms with Crippen LogP contribution in [0.5, 0.6) is 0 Å². The Labute approximate surface area is 144 Å². The van der Waals surface area contributed by atoms with E-state index in [0.29, 0.717) is 5.69 Å². The summed E-state index contributed by atoms with van der Waals surface area (Å²) in [5, 5.41) is 25.4. The van der Waals surface area contributed by atoms with Gasteiger partial charge in [-0.25, -0.2) is 9.07 Å². The van der Waals surface area contributed by atoms with Crippen molar-refractivity contribution in [3.05, 3.63) is 42.1 Å². The molecule has 1 aliphatic rings. The number of rotatable bonds is 5. The maximum atomic E-state index is 13.5. The van der Waals surface area contributed by atoms with Crippen LogP contribution in [-0.2, 0) is 4.79 Å². The second-order valence-corrected chi connectivity index (χ2v) is 5.91. The quantitative estimate of drug-likeness (QED) is 0.847. The Hall–Kier alpha value is -2.76. The van der Waals surface area contributed by atoms with Gasteiger partial charge in [0, 0.05) is 12.6 Å². The SMILES string of the molecule is N#Cc1cnn(-c2ccccc2)c1NC(=O)CN1C[C@@H](F)C[C@H]1CO. The Morgan fingerprint density at radius 3 is 2.88 bits per heavy atom. The summed E-state index contributed by atoms with van der Waals surface area (Å²) in [7, 11) is 0. The van der Waals surface area contributed by atoms with Crippen molar-refractivity contribution in [3.63, 3.8) is 0 Å². The van der Waals surface area contributed by atoms with Crippen molar-refractivity contribution in [1.82, 2.24) is 14.7 Å². The monoisotopic (exact) mass is 343 g/mol. The van der Waals surface area contributed by atoms with Crippen molar-refractivity contribution < 1.29 is 14.3 Å². The fourth-order valence-corrected chi connectivity index (χ4v) is 2.98. The number of anilines is 1. The lowest BCUT2D eigenvalue weighted by molar-refractivity contribution is -0.117. The summed E-state index contributed by atoms with van der Waals surface area (Å²) in [5.74, 6) is -0.114. The van der Waals surface area contributed by atoms with E-state index < -0.39 is 6.17 Å². The summed E-state index contributed by atoms with van der Waals surface area (Å²) in [5.41, 5.74) is 0.943. The van der Waals surface area contributed by atoms with E-state index in [1.54, 1.807) is 17.0 Å². The Morgan fingerprint density at radius 2 is 2.20 bits per heavy atom. The first kappa shape index (κ1) is 17.1. The zero-order valence-corrected chi connectivity index (χ0v) is 13.5. The zero-order valence-electron chi connectivity index (χ0n) is 13.5. The van der Waals surface area contributed by atoms with E-state index in [9.17, 15) is 19.6 Å². The predicted octanol–water partition coefficient (Wildman–Crippen LogP) is 1.09. The number of carbonyl (C=O) groups excluding carboxylic acids is 1. The molecular weight excluding hydrogens is 325 g/mol. The van der Waals surface area contributed by atoms with Crippen molar-refractivity contribution >= 4 is 11.7 Å². The topological polar surface area (TPSA) is 94.2 Å². The summed E-state index contributed by atoms with van der Waals surface area (Å²) in [6.45, 7) is -0.142. The molecule has 3 rings (SSSR count). The molecule has 0 aliphatic carbocycles. The minimum absolute atomic E-state index is 0.0590. The number of amides is 1. The number of aromatic nitrogens is 2. The van der Waals surface area contributed by atoms with E-state index in [1.165, 1.54) is 10.9 Å². The Morgan fingerprint density at radius 1 is 1.44 bits per heavy atom. The number of benzene rings is 1. The van der Waals surface area contributed by atoms with E-state index in [2.05, 4.69) is 10.4 Å². The van der Waals surface area contributed by atoms with Gasteiger partial charge in [0.25, 0.3) is 0 Å². The van der Waals surface area contributed by atoms with Crippen LogP contribution >= 0.6 is 0 Å². The lowest BCUT2D eigenvalue weighted by Gasteiger charge is -2.21. The molecule has 8 heteroatoms. The number of aliphatic hydroxyl groups excluding tert-OH is 1. The Balaban J connectivity index is 1.77. The molecule has 1 amide bonds. The molecule has 1 aromatic heterocycles.